The van der Waals surface area contributed by atoms with Crippen LogP contribution in [0.1, 0.15) is 20.3 Å². The van der Waals surface area contributed by atoms with Crippen molar-refractivity contribution < 1.29 is 4.74 Å². The van der Waals surface area contributed by atoms with Crippen molar-refractivity contribution >= 4 is 15.9 Å². The van der Waals surface area contributed by atoms with Gasteiger partial charge in [0.2, 0.25) is 0 Å². The third-order valence-corrected chi connectivity index (χ3v) is 2.73. The Bertz CT molecular complexity index is 374. The number of pyridine rings is 1. The highest BCUT2D eigenvalue weighted by molar-refractivity contribution is 9.10. The minimum atomic E-state index is 0.00987. The number of hydrogen-bond donors (Lipinski definition) is 0. The zero-order valence-electron chi connectivity index (χ0n) is 9.78. The lowest BCUT2D eigenvalue weighted by Gasteiger charge is -2.08. The molecule has 0 aliphatic carbocycles. The normalized spacial score (nSPS) is 11.0. The number of aromatic nitrogens is 1. The van der Waals surface area contributed by atoms with Gasteiger partial charge in [-0.3, -0.25) is 4.79 Å². The van der Waals surface area contributed by atoms with Crippen LogP contribution in [0.3, 0.4) is 0 Å². The molecular weight excluding hydrogens is 270 g/mol. The number of ether oxygens (including phenoxy) is 1. The Morgan fingerprint density at radius 3 is 2.81 bits per heavy atom. The van der Waals surface area contributed by atoms with Gasteiger partial charge in [-0.05, 0) is 34.3 Å². The molecule has 1 aromatic rings. The van der Waals surface area contributed by atoms with Crippen LogP contribution in [0.15, 0.2) is 27.6 Å². The van der Waals surface area contributed by atoms with Gasteiger partial charge < -0.3 is 9.30 Å². The van der Waals surface area contributed by atoms with Gasteiger partial charge in [-0.15, -0.1) is 0 Å². The fourth-order valence-corrected chi connectivity index (χ4v) is 1.64. The highest BCUT2D eigenvalue weighted by Crippen LogP contribution is 2.04. The summed E-state index contributed by atoms with van der Waals surface area (Å²) < 4.78 is 8.03. The average Bonchev–Trinajstić information content (AvgIpc) is 2.22. The lowest BCUT2D eigenvalue weighted by atomic mass is 10.1. The van der Waals surface area contributed by atoms with E-state index < -0.39 is 0 Å². The molecule has 1 rings (SSSR count). The molecule has 0 saturated carbocycles. The van der Waals surface area contributed by atoms with E-state index in [2.05, 4.69) is 29.8 Å². The second-order valence-electron chi connectivity index (χ2n) is 4.17. The van der Waals surface area contributed by atoms with E-state index in [9.17, 15) is 4.79 Å². The third-order valence-electron chi connectivity index (χ3n) is 2.26. The van der Waals surface area contributed by atoms with Crippen LogP contribution >= 0.6 is 15.9 Å². The largest absolute Gasteiger partial charge is 0.380 e. The molecule has 0 amide bonds. The zero-order valence-corrected chi connectivity index (χ0v) is 11.4. The molecule has 4 heteroatoms. The molecule has 0 spiro atoms. The quantitative estimate of drug-likeness (QED) is 0.754. The molecular formula is C12H18BrNO2. The summed E-state index contributed by atoms with van der Waals surface area (Å²) in [5, 5.41) is 0. The van der Waals surface area contributed by atoms with E-state index >= 15 is 0 Å². The molecule has 1 aromatic heterocycles. The molecule has 0 aliphatic rings. The van der Waals surface area contributed by atoms with E-state index in [4.69, 9.17) is 4.74 Å². The highest BCUT2D eigenvalue weighted by atomic mass is 79.9. The molecule has 0 bridgehead atoms. The first-order valence-electron chi connectivity index (χ1n) is 5.53. The molecule has 0 aromatic carbocycles. The van der Waals surface area contributed by atoms with Crippen molar-refractivity contribution in [3.05, 3.63) is 33.2 Å². The first-order valence-corrected chi connectivity index (χ1v) is 6.32. The summed E-state index contributed by atoms with van der Waals surface area (Å²) in [6.07, 6.45) is 2.85. The predicted octanol–water partition coefficient (Wildman–Crippen LogP) is 2.67. The number of nitrogens with zero attached hydrogens (tertiary/aromatic N) is 1. The summed E-state index contributed by atoms with van der Waals surface area (Å²) in [5.41, 5.74) is 0.00987. The molecule has 0 atom stereocenters. The molecule has 16 heavy (non-hydrogen) atoms. The van der Waals surface area contributed by atoms with Crippen LogP contribution in [0.25, 0.3) is 0 Å². The first kappa shape index (κ1) is 13.5. The van der Waals surface area contributed by atoms with Gasteiger partial charge in [0.25, 0.3) is 5.56 Å². The number of rotatable bonds is 6. The van der Waals surface area contributed by atoms with Crippen LogP contribution < -0.4 is 5.56 Å². The summed E-state index contributed by atoms with van der Waals surface area (Å²) in [7, 11) is 0. The van der Waals surface area contributed by atoms with Crippen LogP contribution in [-0.2, 0) is 11.3 Å². The Labute approximate surface area is 105 Å². The van der Waals surface area contributed by atoms with E-state index in [0.717, 1.165) is 17.5 Å². The Morgan fingerprint density at radius 2 is 2.12 bits per heavy atom. The molecule has 0 aliphatic heterocycles. The topological polar surface area (TPSA) is 31.2 Å². The van der Waals surface area contributed by atoms with Gasteiger partial charge in [0, 0.05) is 29.9 Å². The van der Waals surface area contributed by atoms with Crippen molar-refractivity contribution in [1.82, 2.24) is 4.57 Å². The summed E-state index contributed by atoms with van der Waals surface area (Å²) in [6.45, 7) is 6.30. The van der Waals surface area contributed by atoms with Gasteiger partial charge in [0.05, 0.1) is 6.61 Å². The molecule has 0 radical (unpaired) electrons. The van der Waals surface area contributed by atoms with Crippen molar-refractivity contribution in [1.29, 1.82) is 0 Å². The summed E-state index contributed by atoms with van der Waals surface area (Å²) in [4.78, 5) is 11.4. The maximum Gasteiger partial charge on any atom is 0.250 e. The molecule has 90 valence electrons. The van der Waals surface area contributed by atoms with Crippen molar-refractivity contribution in [3.63, 3.8) is 0 Å². The Balaban J connectivity index is 2.32. The maximum absolute atomic E-state index is 11.4. The van der Waals surface area contributed by atoms with Gasteiger partial charge >= 0.3 is 0 Å². The van der Waals surface area contributed by atoms with Crippen LogP contribution in [0.5, 0.6) is 0 Å². The summed E-state index contributed by atoms with van der Waals surface area (Å²) in [5.74, 6) is 0.661. The second-order valence-corrected chi connectivity index (χ2v) is 5.09. The fraction of sp³-hybridized carbons (Fsp3) is 0.583. The lowest BCUT2D eigenvalue weighted by Crippen LogP contribution is -2.21. The van der Waals surface area contributed by atoms with Crippen molar-refractivity contribution in [2.24, 2.45) is 5.92 Å². The Kier molecular flexibility index (Phi) is 5.77. The number of hydrogen-bond acceptors (Lipinski definition) is 2. The van der Waals surface area contributed by atoms with E-state index in [1.54, 1.807) is 22.9 Å². The molecule has 0 N–H and O–H groups in total. The molecule has 0 fully saturated rings. The van der Waals surface area contributed by atoms with E-state index in [-0.39, 0.29) is 5.56 Å². The minimum Gasteiger partial charge on any atom is -0.380 e. The zero-order chi connectivity index (χ0) is 12.0. The smallest absolute Gasteiger partial charge is 0.250 e. The fourth-order valence-electron chi connectivity index (χ4n) is 1.26. The molecule has 0 saturated heterocycles. The standard InChI is InChI=1S/C12H18BrNO2/c1-10(2)5-7-16-8-6-14-9-11(13)3-4-12(14)15/h3-4,9-10H,5-8H2,1-2H3. The highest BCUT2D eigenvalue weighted by Gasteiger charge is 1.98. The van der Waals surface area contributed by atoms with Gasteiger partial charge in [-0.2, -0.15) is 0 Å². The van der Waals surface area contributed by atoms with Crippen molar-refractivity contribution in [3.8, 4) is 0 Å². The summed E-state index contributed by atoms with van der Waals surface area (Å²) in [6, 6.07) is 3.30. The minimum absolute atomic E-state index is 0.00987. The van der Waals surface area contributed by atoms with Gasteiger partial charge in [0.1, 0.15) is 0 Å². The lowest BCUT2D eigenvalue weighted by molar-refractivity contribution is 0.115. The van der Waals surface area contributed by atoms with Crippen molar-refractivity contribution in [2.75, 3.05) is 13.2 Å². The van der Waals surface area contributed by atoms with Gasteiger partial charge in [0.15, 0.2) is 0 Å². The average molecular weight is 288 g/mol. The van der Waals surface area contributed by atoms with Crippen LogP contribution in [-0.4, -0.2) is 17.8 Å². The van der Waals surface area contributed by atoms with E-state index in [1.807, 2.05) is 0 Å². The van der Waals surface area contributed by atoms with Crippen molar-refractivity contribution in [2.45, 2.75) is 26.8 Å². The van der Waals surface area contributed by atoms with E-state index in [1.165, 1.54) is 0 Å². The molecule has 3 nitrogen and oxygen atoms in total. The van der Waals surface area contributed by atoms with E-state index in [0.29, 0.717) is 19.1 Å². The first-order chi connectivity index (χ1) is 7.59. The Morgan fingerprint density at radius 1 is 1.38 bits per heavy atom. The van der Waals surface area contributed by atoms with Crippen LogP contribution in [0.4, 0.5) is 0 Å². The monoisotopic (exact) mass is 287 g/mol. The maximum atomic E-state index is 11.4. The van der Waals surface area contributed by atoms with Crippen LogP contribution in [0, 0.1) is 5.92 Å². The second kappa shape index (κ2) is 6.86. The van der Waals surface area contributed by atoms with Crippen LogP contribution in [0.2, 0.25) is 0 Å². The van der Waals surface area contributed by atoms with Gasteiger partial charge in [-0.1, -0.05) is 13.8 Å². The Hall–Kier alpha value is -0.610. The third kappa shape index (κ3) is 4.94. The van der Waals surface area contributed by atoms with Gasteiger partial charge in [-0.25, -0.2) is 0 Å². The molecule has 1 heterocycles. The predicted molar refractivity (Wildman–Crippen MR) is 68.7 cm³/mol. The summed E-state index contributed by atoms with van der Waals surface area (Å²) >= 11 is 3.34. The number of halogens is 1. The molecule has 0 unspecified atom stereocenters. The SMILES string of the molecule is CC(C)CCOCCn1cc(Br)ccc1=O.